The molecular formula is C14H21ClN4. The highest BCUT2D eigenvalue weighted by atomic mass is 35.5. The molecule has 2 aromatic rings. The van der Waals surface area contributed by atoms with Crippen LogP contribution in [0.15, 0.2) is 18.2 Å². The lowest BCUT2D eigenvalue weighted by molar-refractivity contribution is 0.214. The smallest absolute Gasteiger partial charge is 0.201 e. The Hall–Kier alpha value is -1.26. The lowest BCUT2D eigenvalue weighted by Gasteiger charge is -2.29. The molecule has 2 rings (SSSR count). The van der Waals surface area contributed by atoms with E-state index in [9.17, 15) is 0 Å². The Labute approximate surface area is 119 Å². The summed E-state index contributed by atoms with van der Waals surface area (Å²) in [5.41, 5.74) is 7.90. The Balaban J connectivity index is 2.43. The van der Waals surface area contributed by atoms with Crippen LogP contribution in [-0.2, 0) is 6.54 Å². The first kappa shape index (κ1) is 14.2. The molecule has 5 heteroatoms. The molecule has 0 unspecified atom stereocenters. The molecule has 0 aliphatic rings. The van der Waals surface area contributed by atoms with E-state index in [2.05, 4.69) is 37.8 Å². The minimum atomic E-state index is 0.0877. The summed E-state index contributed by atoms with van der Waals surface area (Å²) < 4.78 is 2.02. The van der Waals surface area contributed by atoms with E-state index in [0.717, 1.165) is 24.1 Å². The molecule has 0 radical (unpaired) electrons. The summed E-state index contributed by atoms with van der Waals surface area (Å²) in [7, 11) is 4.15. The fourth-order valence-electron chi connectivity index (χ4n) is 2.65. The Morgan fingerprint density at radius 1 is 1.37 bits per heavy atom. The number of nitrogen functional groups attached to an aromatic ring is 1. The van der Waals surface area contributed by atoms with Gasteiger partial charge in [-0.1, -0.05) is 31.5 Å². The molecule has 0 saturated heterocycles. The molecule has 0 atom stereocenters. The maximum atomic E-state index is 6.28. The fourth-order valence-corrected chi connectivity index (χ4v) is 2.93. The zero-order chi connectivity index (χ0) is 14.2. The molecule has 4 nitrogen and oxygen atoms in total. The average Bonchev–Trinajstić information content (AvgIpc) is 2.54. The SMILES string of the molecule is CN(C)CC(C)(C)Cn1c(N)nc2cccc(Cl)c21. The quantitative estimate of drug-likeness (QED) is 0.937. The van der Waals surface area contributed by atoms with Crippen LogP contribution < -0.4 is 5.73 Å². The summed E-state index contributed by atoms with van der Waals surface area (Å²) >= 11 is 6.28. The molecule has 1 aromatic heterocycles. The van der Waals surface area contributed by atoms with Gasteiger partial charge < -0.3 is 15.2 Å². The predicted octanol–water partition coefficient (Wildman–Crippen LogP) is 2.86. The standard InChI is InChI=1S/C14H21ClN4/c1-14(2,8-18(3)4)9-19-12-10(15)6-5-7-11(12)17-13(19)16/h5-7H,8-9H2,1-4H3,(H2,16,17). The number of nitrogens with zero attached hydrogens (tertiary/aromatic N) is 3. The Morgan fingerprint density at radius 2 is 2.05 bits per heavy atom. The van der Waals surface area contributed by atoms with Gasteiger partial charge in [-0.15, -0.1) is 0 Å². The van der Waals surface area contributed by atoms with Crippen LogP contribution in [0.3, 0.4) is 0 Å². The second-order valence-corrected chi connectivity index (χ2v) is 6.47. The van der Waals surface area contributed by atoms with Crippen molar-refractivity contribution >= 4 is 28.6 Å². The number of hydrogen-bond acceptors (Lipinski definition) is 3. The molecule has 0 aliphatic heterocycles. The number of halogens is 1. The molecule has 104 valence electrons. The number of imidazole rings is 1. The largest absolute Gasteiger partial charge is 0.369 e. The molecule has 19 heavy (non-hydrogen) atoms. The fraction of sp³-hybridized carbons (Fsp3) is 0.500. The van der Waals surface area contributed by atoms with E-state index in [0.29, 0.717) is 11.0 Å². The average molecular weight is 281 g/mol. The van der Waals surface area contributed by atoms with Crippen molar-refractivity contribution in [3.8, 4) is 0 Å². The van der Waals surface area contributed by atoms with Crippen molar-refractivity contribution in [2.45, 2.75) is 20.4 Å². The zero-order valence-electron chi connectivity index (χ0n) is 11.9. The molecule has 0 aliphatic carbocycles. The highest BCUT2D eigenvalue weighted by Gasteiger charge is 2.23. The van der Waals surface area contributed by atoms with Crippen LogP contribution in [-0.4, -0.2) is 35.1 Å². The Morgan fingerprint density at radius 3 is 2.68 bits per heavy atom. The summed E-state index contributed by atoms with van der Waals surface area (Å²) in [6, 6.07) is 5.71. The van der Waals surface area contributed by atoms with E-state index >= 15 is 0 Å². The molecule has 1 heterocycles. The van der Waals surface area contributed by atoms with E-state index < -0.39 is 0 Å². The van der Waals surface area contributed by atoms with Crippen LogP contribution in [0, 0.1) is 5.41 Å². The molecule has 0 spiro atoms. The van der Waals surface area contributed by atoms with Crippen molar-refractivity contribution in [1.82, 2.24) is 14.5 Å². The van der Waals surface area contributed by atoms with Crippen LogP contribution in [0.2, 0.25) is 5.02 Å². The molecule has 1 aromatic carbocycles. The number of aromatic nitrogens is 2. The van der Waals surface area contributed by atoms with Gasteiger partial charge in [0.1, 0.15) is 0 Å². The number of hydrogen-bond donors (Lipinski definition) is 1. The van der Waals surface area contributed by atoms with Gasteiger partial charge in [0, 0.05) is 13.1 Å². The van der Waals surface area contributed by atoms with E-state index in [4.69, 9.17) is 17.3 Å². The number of fused-ring (bicyclic) bond motifs is 1. The van der Waals surface area contributed by atoms with E-state index in [1.807, 2.05) is 22.8 Å². The molecule has 0 fully saturated rings. The normalized spacial score (nSPS) is 12.5. The molecular weight excluding hydrogens is 260 g/mol. The van der Waals surface area contributed by atoms with Crippen molar-refractivity contribution in [2.24, 2.45) is 5.41 Å². The van der Waals surface area contributed by atoms with Gasteiger partial charge >= 0.3 is 0 Å². The van der Waals surface area contributed by atoms with E-state index in [1.165, 1.54) is 0 Å². The maximum Gasteiger partial charge on any atom is 0.201 e. The van der Waals surface area contributed by atoms with Gasteiger partial charge in [0.25, 0.3) is 0 Å². The number of anilines is 1. The summed E-state index contributed by atoms with van der Waals surface area (Å²) in [4.78, 5) is 6.56. The van der Waals surface area contributed by atoms with Crippen molar-refractivity contribution in [1.29, 1.82) is 0 Å². The molecule has 0 amide bonds. The van der Waals surface area contributed by atoms with Crippen LogP contribution >= 0.6 is 11.6 Å². The first-order valence-corrected chi connectivity index (χ1v) is 6.73. The summed E-state index contributed by atoms with van der Waals surface area (Å²) in [6.45, 7) is 6.19. The number of benzene rings is 1. The highest BCUT2D eigenvalue weighted by molar-refractivity contribution is 6.35. The first-order chi connectivity index (χ1) is 8.80. The van der Waals surface area contributed by atoms with Crippen molar-refractivity contribution in [3.63, 3.8) is 0 Å². The van der Waals surface area contributed by atoms with Gasteiger partial charge in [-0.05, 0) is 31.6 Å². The monoisotopic (exact) mass is 280 g/mol. The van der Waals surface area contributed by atoms with Gasteiger partial charge in [0.2, 0.25) is 5.95 Å². The van der Waals surface area contributed by atoms with Crippen molar-refractivity contribution in [2.75, 3.05) is 26.4 Å². The maximum absolute atomic E-state index is 6.28. The van der Waals surface area contributed by atoms with Gasteiger partial charge in [-0.3, -0.25) is 0 Å². The van der Waals surface area contributed by atoms with Gasteiger partial charge in [-0.2, -0.15) is 0 Å². The third-order valence-corrected chi connectivity index (χ3v) is 3.38. The van der Waals surface area contributed by atoms with E-state index in [1.54, 1.807) is 0 Å². The summed E-state index contributed by atoms with van der Waals surface area (Å²) in [5, 5.41) is 0.697. The van der Waals surface area contributed by atoms with Crippen LogP contribution in [0.5, 0.6) is 0 Å². The minimum absolute atomic E-state index is 0.0877. The lowest BCUT2D eigenvalue weighted by atomic mass is 9.93. The molecule has 2 N–H and O–H groups in total. The highest BCUT2D eigenvalue weighted by Crippen LogP contribution is 2.29. The van der Waals surface area contributed by atoms with Crippen LogP contribution in [0.1, 0.15) is 13.8 Å². The Kier molecular flexibility index (Phi) is 3.74. The van der Waals surface area contributed by atoms with E-state index in [-0.39, 0.29) is 5.41 Å². The second-order valence-electron chi connectivity index (χ2n) is 6.07. The predicted molar refractivity (Wildman–Crippen MR) is 81.5 cm³/mol. The zero-order valence-corrected chi connectivity index (χ0v) is 12.7. The summed E-state index contributed by atoms with van der Waals surface area (Å²) in [6.07, 6.45) is 0. The van der Waals surface area contributed by atoms with Gasteiger partial charge in [-0.25, -0.2) is 4.98 Å². The van der Waals surface area contributed by atoms with Crippen molar-refractivity contribution < 1.29 is 0 Å². The second kappa shape index (κ2) is 5.02. The van der Waals surface area contributed by atoms with Crippen LogP contribution in [0.4, 0.5) is 5.95 Å². The third kappa shape index (κ3) is 3.01. The topological polar surface area (TPSA) is 47.1 Å². The summed E-state index contributed by atoms with van der Waals surface area (Å²) in [5.74, 6) is 0.523. The third-order valence-electron chi connectivity index (χ3n) is 3.08. The first-order valence-electron chi connectivity index (χ1n) is 6.35. The molecule has 0 saturated carbocycles. The lowest BCUT2D eigenvalue weighted by Crippen LogP contribution is -2.32. The van der Waals surface area contributed by atoms with Crippen molar-refractivity contribution in [3.05, 3.63) is 23.2 Å². The number of nitrogens with two attached hydrogens (primary N) is 1. The number of para-hydroxylation sites is 1. The van der Waals surface area contributed by atoms with Gasteiger partial charge in [0.15, 0.2) is 0 Å². The number of rotatable bonds is 4. The Bertz CT molecular complexity index is 586. The minimum Gasteiger partial charge on any atom is -0.369 e. The van der Waals surface area contributed by atoms with Gasteiger partial charge in [0.05, 0.1) is 16.1 Å². The molecule has 0 bridgehead atoms. The van der Waals surface area contributed by atoms with Crippen LogP contribution in [0.25, 0.3) is 11.0 Å².